The lowest BCUT2D eigenvalue weighted by atomic mass is 9.81. The van der Waals surface area contributed by atoms with Crippen molar-refractivity contribution < 1.29 is 23.1 Å². The van der Waals surface area contributed by atoms with Crippen LogP contribution in [0.1, 0.15) is 32.1 Å². The summed E-state index contributed by atoms with van der Waals surface area (Å²) in [5.41, 5.74) is 0. The maximum atomic E-state index is 12.5. The molecule has 19 heavy (non-hydrogen) atoms. The Hall–Kier alpha value is -0.780. The molecule has 3 nitrogen and oxygen atoms in total. The van der Waals surface area contributed by atoms with Gasteiger partial charge in [0.15, 0.2) is 0 Å². The molecule has 1 amide bonds. The number of nitrogens with zero attached hydrogens (tertiary/aromatic N) is 1. The smallest absolute Gasteiger partial charge is 0.391 e. The van der Waals surface area contributed by atoms with E-state index in [1.807, 2.05) is 0 Å². The van der Waals surface area contributed by atoms with Gasteiger partial charge in [-0.15, -0.1) is 0 Å². The van der Waals surface area contributed by atoms with E-state index in [0.29, 0.717) is 25.9 Å². The van der Waals surface area contributed by atoms with Gasteiger partial charge in [0.25, 0.3) is 0 Å². The molecule has 1 saturated carbocycles. The molecule has 1 N–H and O–H groups in total. The predicted molar refractivity (Wildman–Crippen MR) is 63.3 cm³/mol. The quantitative estimate of drug-likeness (QED) is 0.842. The van der Waals surface area contributed by atoms with Crippen molar-refractivity contribution in [1.82, 2.24) is 4.90 Å². The molecule has 0 aromatic carbocycles. The van der Waals surface area contributed by atoms with E-state index in [1.165, 1.54) is 0 Å². The van der Waals surface area contributed by atoms with Gasteiger partial charge in [-0.2, -0.15) is 13.2 Å². The Balaban J connectivity index is 1.83. The van der Waals surface area contributed by atoms with Crippen molar-refractivity contribution in [1.29, 1.82) is 0 Å². The molecule has 0 radical (unpaired) electrons. The topological polar surface area (TPSA) is 40.5 Å². The Bertz CT molecular complexity index is 324. The molecule has 2 fully saturated rings. The summed E-state index contributed by atoms with van der Waals surface area (Å²) in [4.78, 5) is 13.9. The van der Waals surface area contributed by atoms with Crippen LogP contribution in [0.5, 0.6) is 0 Å². The van der Waals surface area contributed by atoms with Crippen LogP contribution >= 0.6 is 0 Å². The number of aliphatic hydroxyl groups excluding tert-OH is 1. The third kappa shape index (κ3) is 3.41. The number of rotatable bonds is 2. The molecule has 1 unspecified atom stereocenters. The van der Waals surface area contributed by atoms with Crippen LogP contribution in [0, 0.1) is 17.8 Å². The standard InChI is InChI=1S/C13H20F3NO2/c14-13(15,16)11-3-1-10(2-4-11)12(19)17-6-5-9(7-17)8-18/h9-11,18H,1-8H2. The maximum absolute atomic E-state index is 12.5. The fourth-order valence-corrected chi connectivity index (χ4v) is 3.11. The third-order valence-corrected chi connectivity index (χ3v) is 4.40. The Morgan fingerprint density at radius 3 is 2.26 bits per heavy atom. The minimum absolute atomic E-state index is 0.0171. The number of aliphatic hydroxyl groups is 1. The predicted octanol–water partition coefficient (Wildman–Crippen LogP) is 2.20. The minimum Gasteiger partial charge on any atom is -0.396 e. The minimum atomic E-state index is -4.12. The van der Waals surface area contributed by atoms with Gasteiger partial charge in [-0.05, 0) is 32.1 Å². The molecule has 6 heteroatoms. The molecule has 1 saturated heterocycles. The number of halogens is 3. The molecule has 0 spiro atoms. The van der Waals surface area contributed by atoms with Crippen molar-refractivity contribution in [3.05, 3.63) is 0 Å². The van der Waals surface area contributed by atoms with Gasteiger partial charge >= 0.3 is 6.18 Å². The first-order chi connectivity index (χ1) is 8.91. The number of carbonyl (C=O) groups is 1. The van der Waals surface area contributed by atoms with Gasteiger partial charge in [-0.3, -0.25) is 4.79 Å². The van der Waals surface area contributed by atoms with Crippen LogP contribution in [0.15, 0.2) is 0 Å². The Morgan fingerprint density at radius 1 is 1.16 bits per heavy atom. The van der Waals surface area contributed by atoms with E-state index in [-0.39, 0.29) is 37.2 Å². The summed E-state index contributed by atoms with van der Waals surface area (Å²) >= 11 is 0. The Morgan fingerprint density at radius 2 is 1.79 bits per heavy atom. The summed E-state index contributed by atoms with van der Waals surface area (Å²) in [6.07, 6.45) is -2.52. The number of likely N-dealkylation sites (tertiary alicyclic amines) is 1. The van der Waals surface area contributed by atoms with Crippen LogP contribution in [0.2, 0.25) is 0 Å². The summed E-state index contributed by atoms with van der Waals surface area (Å²) in [6.45, 7) is 1.25. The van der Waals surface area contributed by atoms with E-state index < -0.39 is 12.1 Å². The van der Waals surface area contributed by atoms with Gasteiger partial charge in [0.2, 0.25) is 5.91 Å². The van der Waals surface area contributed by atoms with Crippen molar-refractivity contribution >= 4 is 5.91 Å². The average Bonchev–Trinajstić information content (AvgIpc) is 2.86. The highest BCUT2D eigenvalue weighted by Gasteiger charge is 2.43. The fraction of sp³-hybridized carbons (Fsp3) is 0.923. The maximum Gasteiger partial charge on any atom is 0.391 e. The molecule has 0 aromatic rings. The Kier molecular flexibility index (Phi) is 4.38. The van der Waals surface area contributed by atoms with Crippen LogP contribution in [-0.2, 0) is 4.79 Å². The molecule has 2 aliphatic rings. The van der Waals surface area contributed by atoms with Gasteiger partial charge in [0.1, 0.15) is 0 Å². The van der Waals surface area contributed by atoms with Crippen molar-refractivity contribution in [2.24, 2.45) is 17.8 Å². The van der Waals surface area contributed by atoms with Gasteiger partial charge in [0, 0.05) is 31.5 Å². The van der Waals surface area contributed by atoms with Gasteiger partial charge < -0.3 is 10.0 Å². The van der Waals surface area contributed by atoms with E-state index in [1.54, 1.807) is 4.90 Å². The van der Waals surface area contributed by atoms with Crippen LogP contribution in [0.3, 0.4) is 0 Å². The number of hydrogen-bond donors (Lipinski definition) is 1. The van der Waals surface area contributed by atoms with Crippen LogP contribution in [-0.4, -0.2) is 41.8 Å². The van der Waals surface area contributed by atoms with Crippen molar-refractivity contribution in [3.63, 3.8) is 0 Å². The third-order valence-electron chi connectivity index (χ3n) is 4.40. The number of carbonyl (C=O) groups excluding carboxylic acids is 1. The van der Waals surface area contributed by atoms with E-state index in [0.717, 1.165) is 6.42 Å². The summed E-state index contributed by atoms with van der Waals surface area (Å²) in [6, 6.07) is 0. The first-order valence-corrected chi connectivity index (χ1v) is 6.88. The number of hydrogen-bond acceptors (Lipinski definition) is 2. The fourth-order valence-electron chi connectivity index (χ4n) is 3.11. The second-order valence-corrected chi connectivity index (χ2v) is 5.71. The molecular weight excluding hydrogens is 259 g/mol. The zero-order valence-corrected chi connectivity index (χ0v) is 10.8. The lowest BCUT2D eigenvalue weighted by molar-refractivity contribution is -0.185. The van der Waals surface area contributed by atoms with Crippen LogP contribution in [0.25, 0.3) is 0 Å². The van der Waals surface area contributed by atoms with Crippen molar-refractivity contribution in [3.8, 4) is 0 Å². The molecule has 1 heterocycles. The Labute approximate surface area is 110 Å². The van der Waals surface area contributed by atoms with Crippen molar-refractivity contribution in [2.75, 3.05) is 19.7 Å². The van der Waals surface area contributed by atoms with Gasteiger partial charge in [-0.25, -0.2) is 0 Å². The molecule has 1 aliphatic carbocycles. The number of amides is 1. The molecular formula is C13H20F3NO2. The lowest BCUT2D eigenvalue weighted by Crippen LogP contribution is -2.38. The summed E-state index contributed by atoms with van der Waals surface area (Å²) < 4.78 is 37.6. The van der Waals surface area contributed by atoms with Crippen LogP contribution in [0.4, 0.5) is 13.2 Å². The average molecular weight is 279 g/mol. The summed E-state index contributed by atoms with van der Waals surface area (Å²) in [5.74, 6) is -1.37. The molecule has 110 valence electrons. The lowest BCUT2D eigenvalue weighted by Gasteiger charge is -2.31. The van der Waals surface area contributed by atoms with E-state index in [4.69, 9.17) is 5.11 Å². The summed E-state index contributed by atoms with van der Waals surface area (Å²) in [5, 5.41) is 9.04. The van der Waals surface area contributed by atoms with Crippen LogP contribution < -0.4 is 0 Å². The molecule has 2 rings (SSSR count). The highest BCUT2D eigenvalue weighted by atomic mass is 19.4. The first kappa shape index (κ1) is 14.6. The number of alkyl halides is 3. The largest absolute Gasteiger partial charge is 0.396 e. The normalized spacial score (nSPS) is 32.6. The van der Waals surface area contributed by atoms with Gasteiger partial charge in [-0.1, -0.05) is 0 Å². The van der Waals surface area contributed by atoms with Crippen molar-refractivity contribution in [2.45, 2.75) is 38.3 Å². The van der Waals surface area contributed by atoms with Gasteiger partial charge in [0.05, 0.1) is 5.92 Å². The molecule has 0 aromatic heterocycles. The molecule has 1 atom stereocenters. The summed E-state index contributed by atoms with van der Waals surface area (Å²) in [7, 11) is 0. The second kappa shape index (κ2) is 5.69. The van der Waals surface area contributed by atoms with E-state index in [2.05, 4.69) is 0 Å². The van der Waals surface area contributed by atoms with E-state index >= 15 is 0 Å². The molecule has 0 bridgehead atoms. The first-order valence-electron chi connectivity index (χ1n) is 6.88. The molecule has 1 aliphatic heterocycles. The monoisotopic (exact) mass is 279 g/mol. The highest BCUT2D eigenvalue weighted by molar-refractivity contribution is 5.79. The second-order valence-electron chi connectivity index (χ2n) is 5.71. The highest BCUT2D eigenvalue weighted by Crippen LogP contribution is 2.40. The SMILES string of the molecule is O=C(C1CCC(C(F)(F)F)CC1)N1CCC(CO)C1. The zero-order chi connectivity index (χ0) is 14.0. The van der Waals surface area contributed by atoms with E-state index in [9.17, 15) is 18.0 Å². The zero-order valence-electron chi connectivity index (χ0n) is 10.8.